The summed E-state index contributed by atoms with van der Waals surface area (Å²) < 4.78 is 0. The van der Waals surface area contributed by atoms with Gasteiger partial charge in [0, 0.05) is 4.88 Å². The predicted molar refractivity (Wildman–Crippen MR) is 50.5 cm³/mol. The minimum absolute atomic E-state index is 0.576. The highest BCUT2D eigenvalue weighted by molar-refractivity contribution is 7.15. The largest absolute Gasteiger partial charge is 0.160 e. The van der Waals surface area contributed by atoms with Crippen LogP contribution in [-0.4, -0.2) is 0 Å². The molecule has 0 saturated carbocycles. The number of rotatable bonds is 2. The van der Waals surface area contributed by atoms with Gasteiger partial charge in [-0.15, -0.1) is 16.2 Å². The third kappa shape index (κ3) is 3.28. The summed E-state index contributed by atoms with van der Waals surface area (Å²) in [5.74, 6) is 0. The van der Waals surface area contributed by atoms with Crippen LogP contribution in [0.2, 0.25) is 0 Å². The van der Waals surface area contributed by atoms with Crippen molar-refractivity contribution in [1.82, 2.24) is 0 Å². The maximum absolute atomic E-state index is 9.90. The van der Waals surface area contributed by atoms with Gasteiger partial charge in [0.2, 0.25) is 0 Å². The molecule has 1 aromatic heterocycles. The van der Waals surface area contributed by atoms with Crippen molar-refractivity contribution in [3.8, 4) is 0 Å². The summed E-state index contributed by atoms with van der Waals surface area (Å²) in [6.07, 6.45) is 0.986. The maximum atomic E-state index is 9.90. The van der Waals surface area contributed by atoms with Crippen molar-refractivity contribution < 1.29 is 0 Å². The summed E-state index contributed by atoms with van der Waals surface area (Å²) in [6, 6.07) is 3.68. The average molecular weight is 171 g/mol. The fourth-order valence-electron chi connectivity index (χ4n) is 0.606. The number of aryl methyl sites for hydroxylation is 1. The van der Waals surface area contributed by atoms with E-state index in [0.717, 1.165) is 6.42 Å². The Bertz CT molecular complexity index is 208. The fraction of sp³-hybridized carbons (Fsp3) is 0.500. The summed E-state index contributed by atoms with van der Waals surface area (Å²) in [5, 5.41) is 3.38. The van der Waals surface area contributed by atoms with Crippen molar-refractivity contribution in [3.63, 3.8) is 0 Å². The summed E-state index contributed by atoms with van der Waals surface area (Å²) >= 11 is 1.45. The van der Waals surface area contributed by atoms with Gasteiger partial charge >= 0.3 is 0 Å². The lowest BCUT2D eigenvalue weighted by atomic mass is 10.4. The Morgan fingerprint density at radius 3 is 2.36 bits per heavy atom. The summed E-state index contributed by atoms with van der Waals surface area (Å²) in [4.78, 5) is 11.1. The van der Waals surface area contributed by atoms with E-state index in [2.05, 4.69) is 12.1 Å². The molecule has 0 saturated heterocycles. The van der Waals surface area contributed by atoms with Gasteiger partial charge in [-0.3, -0.25) is 0 Å². The van der Waals surface area contributed by atoms with Crippen molar-refractivity contribution >= 4 is 16.3 Å². The smallest absolute Gasteiger partial charge is 0.144 e. The van der Waals surface area contributed by atoms with Crippen molar-refractivity contribution in [2.45, 2.75) is 27.2 Å². The lowest BCUT2D eigenvalue weighted by Gasteiger charge is -1.79. The average Bonchev–Trinajstić information content (AvgIpc) is 2.55. The lowest BCUT2D eigenvalue weighted by Crippen LogP contribution is -1.63. The Kier molecular flexibility index (Phi) is 5.65. The predicted octanol–water partition coefficient (Wildman–Crippen LogP) is 3.73. The second-order valence-electron chi connectivity index (χ2n) is 1.68. The first-order valence-electron chi connectivity index (χ1n) is 3.79. The van der Waals surface area contributed by atoms with Gasteiger partial charge < -0.3 is 0 Å². The lowest BCUT2D eigenvalue weighted by molar-refractivity contribution is 1.19. The standard InChI is InChI=1S/C6H7NOS.C2H6/c1-2-5-3-4-6(7-8)9-5;1-2/h3-4H,2H2,1H3;1-2H3. The first-order chi connectivity index (χ1) is 5.36. The third-order valence-corrected chi connectivity index (χ3v) is 2.19. The van der Waals surface area contributed by atoms with E-state index in [1.165, 1.54) is 16.2 Å². The molecule has 1 rings (SSSR count). The van der Waals surface area contributed by atoms with Crippen LogP contribution in [0.15, 0.2) is 17.3 Å². The molecule has 0 unspecified atom stereocenters. The Labute approximate surface area is 71.2 Å². The van der Waals surface area contributed by atoms with E-state index in [1.54, 1.807) is 6.07 Å². The summed E-state index contributed by atoms with van der Waals surface area (Å²) in [7, 11) is 0. The number of hydrogen-bond donors (Lipinski definition) is 0. The quantitative estimate of drug-likeness (QED) is 0.623. The van der Waals surface area contributed by atoms with Crippen molar-refractivity contribution in [2.24, 2.45) is 5.18 Å². The second-order valence-corrected chi connectivity index (χ2v) is 2.83. The van der Waals surface area contributed by atoms with E-state index in [9.17, 15) is 4.91 Å². The van der Waals surface area contributed by atoms with Crippen LogP contribution < -0.4 is 0 Å². The van der Waals surface area contributed by atoms with Gasteiger partial charge in [0.15, 0.2) is 5.00 Å². The molecule has 0 aromatic carbocycles. The SMILES string of the molecule is CC.CCc1ccc(N=O)s1. The maximum Gasteiger partial charge on any atom is 0.160 e. The Morgan fingerprint density at radius 2 is 2.09 bits per heavy atom. The molecule has 0 aliphatic rings. The highest BCUT2D eigenvalue weighted by Crippen LogP contribution is 2.24. The van der Waals surface area contributed by atoms with Crippen LogP contribution in [0, 0.1) is 4.91 Å². The van der Waals surface area contributed by atoms with Gasteiger partial charge in [-0.25, -0.2) is 0 Å². The van der Waals surface area contributed by atoms with E-state index < -0.39 is 0 Å². The van der Waals surface area contributed by atoms with Crippen molar-refractivity contribution in [3.05, 3.63) is 21.9 Å². The van der Waals surface area contributed by atoms with E-state index >= 15 is 0 Å². The van der Waals surface area contributed by atoms with Gasteiger partial charge in [0.25, 0.3) is 0 Å². The molecule has 0 bridgehead atoms. The Morgan fingerprint density at radius 1 is 1.45 bits per heavy atom. The molecule has 0 atom stereocenters. The molecule has 1 aromatic rings. The number of thiophene rings is 1. The van der Waals surface area contributed by atoms with Gasteiger partial charge in [0.1, 0.15) is 0 Å². The van der Waals surface area contributed by atoms with Gasteiger partial charge in [-0.1, -0.05) is 20.8 Å². The van der Waals surface area contributed by atoms with Gasteiger partial charge in [-0.2, -0.15) is 0 Å². The molecule has 1 heterocycles. The van der Waals surface area contributed by atoms with Crippen LogP contribution in [-0.2, 0) is 6.42 Å². The number of nitroso groups, excluding NO2 is 1. The molecule has 0 radical (unpaired) electrons. The summed E-state index contributed by atoms with van der Waals surface area (Å²) in [5.41, 5.74) is 0. The van der Waals surface area contributed by atoms with Crippen LogP contribution in [0.4, 0.5) is 5.00 Å². The first-order valence-corrected chi connectivity index (χ1v) is 4.60. The molecule has 0 fully saturated rings. The Hall–Kier alpha value is -0.700. The van der Waals surface area contributed by atoms with Crippen molar-refractivity contribution in [1.29, 1.82) is 0 Å². The summed E-state index contributed by atoms with van der Waals surface area (Å²) in [6.45, 7) is 6.06. The topological polar surface area (TPSA) is 29.4 Å². The van der Waals surface area contributed by atoms with E-state index in [1.807, 2.05) is 19.9 Å². The molecule has 0 N–H and O–H groups in total. The van der Waals surface area contributed by atoms with Crippen LogP contribution in [0.5, 0.6) is 0 Å². The fourth-order valence-corrected chi connectivity index (χ4v) is 1.33. The van der Waals surface area contributed by atoms with Gasteiger partial charge in [0.05, 0.1) is 0 Å². The molecule has 2 nitrogen and oxygen atoms in total. The van der Waals surface area contributed by atoms with Crippen LogP contribution in [0.1, 0.15) is 25.6 Å². The van der Waals surface area contributed by atoms with Gasteiger partial charge in [-0.05, 0) is 23.7 Å². The number of nitrogens with zero attached hydrogens (tertiary/aromatic N) is 1. The molecular formula is C8H13NOS. The Balaban J connectivity index is 0.000000461. The molecule has 62 valence electrons. The monoisotopic (exact) mass is 171 g/mol. The molecule has 0 aliphatic carbocycles. The van der Waals surface area contributed by atoms with Crippen LogP contribution in [0.3, 0.4) is 0 Å². The number of hydrogen-bond acceptors (Lipinski definition) is 3. The highest BCUT2D eigenvalue weighted by Gasteiger charge is 1.95. The molecule has 11 heavy (non-hydrogen) atoms. The van der Waals surface area contributed by atoms with Crippen LogP contribution in [0.25, 0.3) is 0 Å². The normalized spacial score (nSPS) is 8.27. The van der Waals surface area contributed by atoms with Crippen molar-refractivity contribution in [2.75, 3.05) is 0 Å². The van der Waals surface area contributed by atoms with E-state index in [4.69, 9.17) is 0 Å². The zero-order valence-corrected chi connectivity index (χ0v) is 7.94. The molecule has 0 amide bonds. The van der Waals surface area contributed by atoms with E-state index in [0.29, 0.717) is 5.00 Å². The minimum atomic E-state index is 0.576. The molecule has 0 aliphatic heterocycles. The molecular weight excluding hydrogens is 158 g/mol. The minimum Gasteiger partial charge on any atom is -0.144 e. The zero-order chi connectivity index (χ0) is 8.69. The first kappa shape index (κ1) is 10.3. The molecule has 3 heteroatoms. The second kappa shape index (κ2) is 6.04. The van der Waals surface area contributed by atoms with E-state index in [-0.39, 0.29) is 0 Å². The van der Waals surface area contributed by atoms with Crippen LogP contribution >= 0.6 is 11.3 Å². The zero-order valence-electron chi connectivity index (χ0n) is 7.13. The highest BCUT2D eigenvalue weighted by atomic mass is 32.1. The molecule has 0 spiro atoms. The third-order valence-electron chi connectivity index (χ3n) is 1.09.